The van der Waals surface area contributed by atoms with Gasteiger partial charge >= 0.3 is 0 Å². The summed E-state index contributed by atoms with van der Waals surface area (Å²) in [7, 11) is 0. The fourth-order valence-corrected chi connectivity index (χ4v) is 3.42. The molecule has 1 amide bonds. The molecule has 0 spiro atoms. The predicted molar refractivity (Wildman–Crippen MR) is 102 cm³/mol. The van der Waals surface area contributed by atoms with Crippen LogP contribution in [0.5, 0.6) is 11.6 Å². The fourth-order valence-electron chi connectivity index (χ4n) is 3.42. The second-order valence-electron chi connectivity index (χ2n) is 6.61. The number of carbonyl (C=O) groups is 1. The number of hydrogen-bond donors (Lipinski definition) is 1. The van der Waals surface area contributed by atoms with E-state index in [0.29, 0.717) is 17.1 Å². The molecule has 0 aliphatic heterocycles. The summed E-state index contributed by atoms with van der Waals surface area (Å²) in [4.78, 5) is 16.7. The molecular formula is C22H19FN2O2. The Balaban J connectivity index is 1.60. The summed E-state index contributed by atoms with van der Waals surface area (Å²) in [6.07, 6.45) is 4.79. The van der Waals surface area contributed by atoms with E-state index in [1.807, 2.05) is 6.07 Å². The Bertz CT molecular complexity index is 1000. The molecule has 0 bridgehead atoms. The van der Waals surface area contributed by atoms with Crippen molar-refractivity contribution in [3.8, 4) is 11.6 Å². The summed E-state index contributed by atoms with van der Waals surface area (Å²) in [5, 5.41) is 2.80. The van der Waals surface area contributed by atoms with Gasteiger partial charge in [-0.25, -0.2) is 9.37 Å². The maximum atomic E-state index is 13.1. The first-order valence-electron chi connectivity index (χ1n) is 8.93. The molecule has 1 N–H and O–H groups in total. The van der Waals surface area contributed by atoms with Crippen molar-refractivity contribution in [1.29, 1.82) is 0 Å². The number of aromatic nitrogens is 1. The third-order valence-corrected chi connectivity index (χ3v) is 4.81. The number of halogens is 1. The van der Waals surface area contributed by atoms with E-state index in [2.05, 4.69) is 23.3 Å². The highest BCUT2D eigenvalue weighted by Crippen LogP contribution is 2.36. The van der Waals surface area contributed by atoms with Crippen LogP contribution in [0.25, 0.3) is 0 Å². The van der Waals surface area contributed by atoms with Crippen molar-refractivity contribution in [1.82, 2.24) is 4.98 Å². The van der Waals surface area contributed by atoms with E-state index >= 15 is 0 Å². The van der Waals surface area contributed by atoms with Crippen molar-refractivity contribution < 1.29 is 13.9 Å². The number of amides is 1. The smallest absolute Gasteiger partial charge is 0.255 e. The van der Waals surface area contributed by atoms with Crippen LogP contribution in [0, 0.1) is 12.7 Å². The number of ether oxygens (including phenoxy) is 1. The molecule has 4 rings (SSSR count). The van der Waals surface area contributed by atoms with Gasteiger partial charge in [-0.2, -0.15) is 0 Å². The quantitative estimate of drug-likeness (QED) is 0.705. The molecule has 4 nitrogen and oxygen atoms in total. The molecule has 0 radical (unpaired) electrons. The van der Waals surface area contributed by atoms with E-state index < -0.39 is 0 Å². The number of benzene rings is 2. The standard InChI is InChI=1S/C22H19FN2O2/c1-14-7-12-20(18-5-2-4-17(14)18)27-22-19(6-3-13-24-22)25-21(26)15-8-10-16(23)11-9-15/h3,6-13H,2,4-5H2,1H3,(H,25,26). The van der Waals surface area contributed by atoms with Gasteiger partial charge in [0.05, 0.1) is 0 Å². The van der Waals surface area contributed by atoms with Gasteiger partial charge in [-0.05, 0) is 85.3 Å². The van der Waals surface area contributed by atoms with Gasteiger partial charge in [-0.15, -0.1) is 0 Å². The lowest BCUT2D eigenvalue weighted by molar-refractivity contribution is 0.102. The van der Waals surface area contributed by atoms with Gasteiger partial charge in [0.1, 0.15) is 17.3 Å². The van der Waals surface area contributed by atoms with Gasteiger partial charge in [-0.1, -0.05) is 6.07 Å². The molecule has 3 aromatic rings. The summed E-state index contributed by atoms with van der Waals surface area (Å²) in [5.74, 6) is 0.391. The minimum absolute atomic E-state index is 0.339. The minimum Gasteiger partial charge on any atom is -0.437 e. The second kappa shape index (κ2) is 7.19. The lowest BCUT2D eigenvalue weighted by Gasteiger charge is -2.14. The highest BCUT2D eigenvalue weighted by atomic mass is 19.1. The van der Waals surface area contributed by atoms with E-state index in [1.54, 1.807) is 18.3 Å². The molecule has 0 saturated carbocycles. The van der Waals surface area contributed by atoms with Crippen LogP contribution in [0.1, 0.15) is 33.5 Å². The topological polar surface area (TPSA) is 51.2 Å². The second-order valence-corrected chi connectivity index (χ2v) is 6.61. The van der Waals surface area contributed by atoms with Crippen molar-refractivity contribution in [2.24, 2.45) is 0 Å². The average molecular weight is 362 g/mol. The van der Waals surface area contributed by atoms with E-state index in [-0.39, 0.29) is 11.7 Å². The predicted octanol–water partition coefficient (Wildman–Crippen LogP) is 5.06. The summed E-state index contributed by atoms with van der Waals surface area (Å²) < 4.78 is 19.1. The largest absolute Gasteiger partial charge is 0.437 e. The molecular weight excluding hydrogens is 343 g/mol. The van der Waals surface area contributed by atoms with Crippen molar-refractivity contribution in [3.63, 3.8) is 0 Å². The van der Waals surface area contributed by atoms with Crippen LogP contribution < -0.4 is 10.1 Å². The average Bonchev–Trinajstić information content (AvgIpc) is 3.17. The van der Waals surface area contributed by atoms with Gasteiger partial charge < -0.3 is 10.1 Å². The number of pyridine rings is 1. The lowest BCUT2D eigenvalue weighted by atomic mass is 10.0. The molecule has 2 aromatic carbocycles. The van der Waals surface area contributed by atoms with Gasteiger partial charge in [0.2, 0.25) is 5.88 Å². The van der Waals surface area contributed by atoms with E-state index in [1.165, 1.54) is 41.0 Å². The van der Waals surface area contributed by atoms with Crippen LogP contribution in [-0.2, 0) is 12.8 Å². The summed E-state index contributed by atoms with van der Waals surface area (Å²) in [5.41, 5.74) is 4.68. The lowest BCUT2D eigenvalue weighted by Crippen LogP contribution is -2.13. The zero-order valence-corrected chi connectivity index (χ0v) is 15.0. The number of rotatable bonds is 4. The zero-order chi connectivity index (χ0) is 18.8. The van der Waals surface area contributed by atoms with Crippen LogP contribution in [0.15, 0.2) is 54.7 Å². The monoisotopic (exact) mass is 362 g/mol. The van der Waals surface area contributed by atoms with E-state index in [9.17, 15) is 9.18 Å². The highest BCUT2D eigenvalue weighted by Gasteiger charge is 2.20. The van der Waals surface area contributed by atoms with Crippen LogP contribution in [0.4, 0.5) is 10.1 Å². The van der Waals surface area contributed by atoms with Crippen LogP contribution in [0.2, 0.25) is 0 Å². The SMILES string of the molecule is Cc1ccc(Oc2ncccc2NC(=O)c2ccc(F)cc2)c2c1CCC2. The van der Waals surface area contributed by atoms with Gasteiger partial charge in [0.25, 0.3) is 5.91 Å². The first-order chi connectivity index (χ1) is 13.1. The zero-order valence-electron chi connectivity index (χ0n) is 15.0. The minimum atomic E-state index is -0.384. The third-order valence-electron chi connectivity index (χ3n) is 4.81. The van der Waals surface area contributed by atoms with Gasteiger partial charge in [0.15, 0.2) is 0 Å². The van der Waals surface area contributed by atoms with Gasteiger partial charge in [-0.3, -0.25) is 4.79 Å². The summed E-state index contributed by atoms with van der Waals surface area (Å²) in [6.45, 7) is 2.11. The van der Waals surface area contributed by atoms with Crippen molar-refractivity contribution in [2.75, 3.05) is 5.32 Å². The molecule has 1 aliphatic carbocycles. The summed E-state index contributed by atoms with van der Waals surface area (Å²) in [6, 6.07) is 12.9. The van der Waals surface area contributed by atoms with Crippen molar-refractivity contribution >= 4 is 11.6 Å². The molecule has 0 atom stereocenters. The molecule has 0 fully saturated rings. The Kier molecular flexibility index (Phi) is 4.59. The molecule has 136 valence electrons. The number of anilines is 1. The Labute approximate surface area is 157 Å². The molecule has 1 heterocycles. The first kappa shape index (κ1) is 17.2. The van der Waals surface area contributed by atoms with Gasteiger partial charge in [0, 0.05) is 11.8 Å². The molecule has 0 saturated heterocycles. The van der Waals surface area contributed by atoms with Crippen LogP contribution in [0.3, 0.4) is 0 Å². The number of hydrogen-bond acceptors (Lipinski definition) is 3. The number of carbonyl (C=O) groups excluding carboxylic acids is 1. The summed E-state index contributed by atoms with van der Waals surface area (Å²) >= 11 is 0. The fraction of sp³-hybridized carbons (Fsp3) is 0.182. The van der Waals surface area contributed by atoms with Crippen LogP contribution in [-0.4, -0.2) is 10.9 Å². The van der Waals surface area contributed by atoms with Crippen molar-refractivity contribution in [3.05, 3.63) is 82.8 Å². The maximum absolute atomic E-state index is 13.1. The Morgan fingerprint density at radius 2 is 1.85 bits per heavy atom. The number of nitrogens with zero attached hydrogens (tertiary/aromatic N) is 1. The Morgan fingerprint density at radius 3 is 2.67 bits per heavy atom. The van der Waals surface area contributed by atoms with E-state index in [4.69, 9.17) is 4.74 Å². The number of nitrogens with one attached hydrogen (secondary N) is 1. The number of fused-ring (bicyclic) bond motifs is 1. The van der Waals surface area contributed by atoms with Crippen LogP contribution >= 0.6 is 0 Å². The molecule has 1 aromatic heterocycles. The molecule has 0 unspecified atom stereocenters. The highest BCUT2D eigenvalue weighted by molar-refractivity contribution is 6.04. The third kappa shape index (κ3) is 3.53. The van der Waals surface area contributed by atoms with E-state index in [0.717, 1.165) is 25.0 Å². The Hall–Kier alpha value is -3.21. The molecule has 5 heteroatoms. The van der Waals surface area contributed by atoms with Crippen molar-refractivity contribution in [2.45, 2.75) is 26.2 Å². The number of aryl methyl sites for hydroxylation is 1. The maximum Gasteiger partial charge on any atom is 0.255 e. The molecule has 27 heavy (non-hydrogen) atoms. The Morgan fingerprint density at radius 1 is 1.07 bits per heavy atom. The first-order valence-corrected chi connectivity index (χ1v) is 8.93. The molecule has 1 aliphatic rings. The normalized spacial score (nSPS) is 12.5.